The minimum Gasteiger partial charge on any atom is -0.496 e. The van der Waals surface area contributed by atoms with Gasteiger partial charge < -0.3 is 15.0 Å². The summed E-state index contributed by atoms with van der Waals surface area (Å²) < 4.78 is 5.61. The van der Waals surface area contributed by atoms with Gasteiger partial charge in [-0.2, -0.15) is 0 Å². The van der Waals surface area contributed by atoms with Crippen LogP contribution in [-0.4, -0.2) is 52.9 Å². The fourth-order valence-corrected chi connectivity index (χ4v) is 6.48. The number of carbonyl (C=O) groups excluding carboxylic acids is 2. The first-order valence-corrected chi connectivity index (χ1v) is 11.2. The maximum Gasteiger partial charge on any atom is 0.240 e. The van der Waals surface area contributed by atoms with Crippen LogP contribution < -0.4 is 10.1 Å². The number of fused-ring (bicyclic) bond motifs is 5. The van der Waals surface area contributed by atoms with E-state index in [0.717, 1.165) is 37.1 Å². The van der Waals surface area contributed by atoms with E-state index in [1.807, 2.05) is 42.5 Å². The molecule has 2 amide bonds. The van der Waals surface area contributed by atoms with Crippen molar-refractivity contribution in [3.63, 3.8) is 0 Å². The number of amides is 2. The topological polar surface area (TPSA) is 61.6 Å². The summed E-state index contributed by atoms with van der Waals surface area (Å²) in [4.78, 5) is 30.7. The Labute approximate surface area is 182 Å². The molecule has 1 N–H and O–H groups in total. The molecule has 6 rings (SSSR count). The summed E-state index contributed by atoms with van der Waals surface area (Å²) in [7, 11) is 1.71. The van der Waals surface area contributed by atoms with Gasteiger partial charge in [-0.3, -0.25) is 14.5 Å². The van der Waals surface area contributed by atoms with Gasteiger partial charge in [0.25, 0.3) is 0 Å². The van der Waals surface area contributed by atoms with E-state index in [9.17, 15) is 9.59 Å². The summed E-state index contributed by atoms with van der Waals surface area (Å²) in [6.45, 7) is 1.27. The molecule has 160 valence electrons. The van der Waals surface area contributed by atoms with Crippen molar-refractivity contribution in [3.8, 4) is 5.75 Å². The van der Waals surface area contributed by atoms with Crippen LogP contribution in [0.25, 0.3) is 0 Å². The third kappa shape index (κ3) is 2.67. The van der Waals surface area contributed by atoms with Crippen molar-refractivity contribution in [1.82, 2.24) is 15.1 Å². The van der Waals surface area contributed by atoms with Gasteiger partial charge in [0.15, 0.2) is 0 Å². The summed E-state index contributed by atoms with van der Waals surface area (Å²) in [5, 5.41) is 3.09. The Kier molecular flexibility index (Phi) is 4.15. The summed E-state index contributed by atoms with van der Waals surface area (Å²) >= 11 is 0. The third-order valence-corrected chi connectivity index (χ3v) is 7.80. The molecule has 3 fully saturated rings. The lowest BCUT2D eigenvalue weighted by Gasteiger charge is -2.43. The molecule has 5 atom stereocenters. The number of nitrogens with one attached hydrogen (secondary N) is 1. The van der Waals surface area contributed by atoms with Crippen molar-refractivity contribution in [2.45, 2.75) is 55.9 Å². The zero-order valence-electron chi connectivity index (χ0n) is 17.7. The van der Waals surface area contributed by atoms with Gasteiger partial charge in [0.2, 0.25) is 11.8 Å². The van der Waals surface area contributed by atoms with E-state index in [0.29, 0.717) is 13.0 Å². The van der Waals surface area contributed by atoms with Gasteiger partial charge >= 0.3 is 0 Å². The number of hydrogen-bond donors (Lipinski definition) is 1. The monoisotopic (exact) mass is 417 g/mol. The maximum absolute atomic E-state index is 13.3. The zero-order chi connectivity index (χ0) is 21.2. The fraction of sp³-hybridized carbons (Fsp3) is 0.440. The van der Waals surface area contributed by atoms with E-state index in [4.69, 9.17) is 4.74 Å². The highest BCUT2D eigenvalue weighted by Gasteiger charge is 2.76. The van der Waals surface area contributed by atoms with Crippen LogP contribution in [0.15, 0.2) is 48.5 Å². The molecule has 2 aromatic carbocycles. The Morgan fingerprint density at radius 3 is 2.84 bits per heavy atom. The molecule has 5 unspecified atom stereocenters. The van der Waals surface area contributed by atoms with Crippen molar-refractivity contribution in [1.29, 1.82) is 0 Å². The van der Waals surface area contributed by atoms with Crippen LogP contribution in [0.4, 0.5) is 0 Å². The minimum absolute atomic E-state index is 0.0184. The number of carbonyl (C=O) groups is 2. The summed E-state index contributed by atoms with van der Waals surface area (Å²) in [5.41, 5.74) is 3.31. The summed E-state index contributed by atoms with van der Waals surface area (Å²) in [6, 6.07) is 16.3. The molecule has 0 aliphatic carbocycles. The molecule has 4 aliphatic rings. The Morgan fingerprint density at radius 2 is 2.03 bits per heavy atom. The van der Waals surface area contributed by atoms with Crippen molar-refractivity contribution >= 4 is 11.8 Å². The second-order valence-corrected chi connectivity index (χ2v) is 9.20. The van der Waals surface area contributed by atoms with Gasteiger partial charge in [0.05, 0.1) is 25.2 Å². The highest BCUT2D eigenvalue weighted by atomic mass is 16.5. The van der Waals surface area contributed by atoms with Gasteiger partial charge in [-0.25, -0.2) is 0 Å². The number of piperazine rings is 1. The quantitative estimate of drug-likeness (QED) is 0.759. The fourth-order valence-electron chi connectivity index (χ4n) is 6.48. The van der Waals surface area contributed by atoms with E-state index in [-0.39, 0.29) is 35.5 Å². The molecule has 4 heterocycles. The molecule has 3 saturated heterocycles. The molecular weight excluding hydrogens is 390 g/mol. The van der Waals surface area contributed by atoms with E-state index >= 15 is 0 Å². The smallest absolute Gasteiger partial charge is 0.240 e. The first-order chi connectivity index (χ1) is 15.1. The average Bonchev–Trinajstić information content (AvgIpc) is 3.27. The number of nitrogens with zero attached hydrogens (tertiary/aromatic N) is 2. The molecule has 0 bridgehead atoms. The van der Waals surface area contributed by atoms with Gasteiger partial charge in [-0.1, -0.05) is 42.5 Å². The first kappa shape index (κ1) is 18.9. The van der Waals surface area contributed by atoms with Crippen LogP contribution in [0.3, 0.4) is 0 Å². The van der Waals surface area contributed by atoms with Gasteiger partial charge in [0.1, 0.15) is 5.75 Å². The molecule has 4 aliphatic heterocycles. The second-order valence-electron chi connectivity index (χ2n) is 9.20. The van der Waals surface area contributed by atoms with Gasteiger partial charge in [0, 0.05) is 30.6 Å². The number of hydrogen-bond acceptors (Lipinski definition) is 4. The number of rotatable bonds is 5. The lowest BCUT2D eigenvalue weighted by molar-refractivity contribution is -0.142. The van der Waals surface area contributed by atoms with Crippen LogP contribution in [0.1, 0.15) is 42.0 Å². The molecule has 0 aromatic heterocycles. The minimum atomic E-state index is -0.196. The number of benzene rings is 2. The van der Waals surface area contributed by atoms with Crippen molar-refractivity contribution in [2.24, 2.45) is 0 Å². The van der Waals surface area contributed by atoms with Crippen molar-refractivity contribution in [3.05, 3.63) is 65.2 Å². The molecule has 0 saturated carbocycles. The van der Waals surface area contributed by atoms with E-state index < -0.39 is 0 Å². The number of ether oxygens (including phenoxy) is 1. The molecule has 0 spiro atoms. The SMILES string of the molecule is COc1cccc2c1CCN1C(=O)C3CCC4(CC(=O)NCc5ccccc5)C(C21)N34. The highest BCUT2D eigenvalue weighted by molar-refractivity contribution is 5.88. The molecule has 6 heteroatoms. The second kappa shape index (κ2) is 6.82. The average molecular weight is 418 g/mol. The Bertz CT molecular complexity index is 1060. The normalized spacial score (nSPS) is 32.0. The van der Waals surface area contributed by atoms with Crippen LogP contribution in [-0.2, 0) is 22.6 Å². The molecule has 0 radical (unpaired) electrons. The Hall–Kier alpha value is -2.86. The van der Waals surface area contributed by atoms with Crippen LogP contribution in [0.2, 0.25) is 0 Å². The van der Waals surface area contributed by atoms with E-state index in [1.54, 1.807) is 7.11 Å². The predicted molar refractivity (Wildman–Crippen MR) is 115 cm³/mol. The Balaban J connectivity index is 1.27. The molecule has 2 aromatic rings. The van der Waals surface area contributed by atoms with Crippen LogP contribution in [0, 0.1) is 0 Å². The zero-order valence-corrected chi connectivity index (χ0v) is 17.7. The van der Waals surface area contributed by atoms with Gasteiger partial charge in [-0.15, -0.1) is 0 Å². The van der Waals surface area contributed by atoms with E-state index in [1.165, 1.54) is 11.1 Å². The predicted octanol–water partition coefficient (Wildman–Crippen LogP) is 2.43. The van der Waals surface area contributed by atoms with Crippen LogP contribution in [0.5, 0.6) is 5.75 Å². The Morgan fingerprint density at radius 1 is 1.19 bits per heavy atom. The van der Waals surface area contributed by atoms with Crippen molar-refractivity contribution in [2.75, 3.05) is 13.7 Å². The lowest BCUT2D eigenvalue weighted by atomic mass is 9.81. The standard InChI is InChI=1S/C25H27N3O3/c1-31-20-9-5-8-18-17(20)11-13-27-22(18)23-25(12-10-19(24(27)30)28(23)25)14-21(29)26-15-16-6-3-2-4-7-16/h2-9,19,22-23H,10-15H2,1H3,(H,26,29). The highest BCUT2D eigenvalue weighted by Crippen LogP contribution is 2.64. The molecular formula is C25H27N3O3. The third-order valence-electron chi connectivity index (χ3n) is 7.80. The lowest BCUT2D eigenvalue weighted by Crippen LogP contribution is -2.54. The maximum atomic E-state index is 13.3. The number of piperidine rings is 1. The van der Waals surface area contributed by atoms with Gasteiger partial charge in [-0.05, 0) is 36.5 Å². The summed E-state index contributed by atoms with van der Waals surface area (Å²) in [5.74, 6) is 1.21. The van der Waals surface area contributed by atoms with E-state index in [2.05, 4.69) is 21.2 Å². The summed E-state index contributed by atoms with van der Waals surface area (Å²) in [6.07, 6.45) is 3.05. The van der Waals surface area contributed by atoms with Crippen LogP contribution >= 0.6 is 0 Å². The first-order valence-electron chi connectivity index (χ1n) is 11.2. The van der Waals surface area contributed by atoms with Crippen molar-refractivity contribution < 1.29 is 14.3 Å². The molecule has 31 heavy (non-hydrogen) atoms. The molecule has 6 nitrogen and oxygen atoms in total. The number of methoxy groups -OCH3 is 1. The largest absolute Gasteiger partial charge is 0.496 e.